The Kier molecular flexibility index (Phi) is 11.8. The van der Waals surface area contributed by atoms with Crippen molar-refractivity contribution in [3.8, 4) is 40.2 Å². The summed E-state index contributed by atoms with van der Waals surface area (Å²) in [5.41, 5.74) is 2.56. The molecule has 1 aliphatic heterocycles. The van der Waals surface area contributed by atoms with Gasteiger partial charge in [0.05, 0.1) is 21.3 Å². The van der Waals surface area contributed by atoms with Crippen molar-refractivity contribution in [3.05, 3.63) is 89.2 Å². The molecule has 59 heavy (non-hydrogen) atoms. The third-order valence-electron chi connectivity index (χ3n) is 8.84. The highest BCUT2D eigenvalue weighted by Crippen LogP contribution is 2.45. The number of aromatic nitrogens is 4. The first-order valence-electron chi connectivity index (χ1n) is 17.0. The van der Waals surface area contributed by atoms with Crippen molar-refractivity contribution in [2.45, 2.75) is 65.6 Å². The molecule has 23 heteroatoms. The van der Waals surface area contributed by atoms with Crippen LogP contribution in [0.25, 0.3) is 22.9 Å². The lowest BCUT2D eigenvalue weighted by molar-refractivity contribution is 0.217. The monoisotopic (exact) mass is 892 g/mol. The number of sulfone groups is 1. The Bertz CT molecular complexity index is 2990. The third kappa shape index (κ3) is 8.57. The summed E-state index contributed by atoms with van der Waals surface area (Å²) in [6, 6.07) is 10.9. The molecule has 0 bridgehead atoms. The van der Waals surface area contributed by atoms with Gasteiger partial charge in [-0.3, -0.25) is 12.5 Å². The summed E-state index contributed by atoms with van der Waals surface area (Å²) in [7, 11) is -13.6. The van der Waals surface area contributed by atoms with E-state index in [0.717, 1.165) is 26.9 Å². The van der Waals surface area contributed by atoms with Crippen LogP contribution >= 0.6 is 0 Å². The van der Waals surface area contributed by atoms with E-state index in [1.165, 1.54) is 42.5 Å². The molecule has 7 rings (SSSR count). The average molecular weight is 893 g/mol. The van der Waals surface area contributed by atoms with E-state index in [4.69, 9.17) is 18.3 Å². The first-order valence-corrected chi connectivity index (χ1v) is 22.8. The molecular formula is C36H36N4O15S4. The number of nitrogens with zero attached hydrogens (tertiary/aromatic N) is 4. The lowest BCUT2D eigenvalue weighted by Crippen LogP contribution is -2.43. The van der Waals surface area contributed by atoms with Crippen LogP contribution in [0.15, 0.2) is 100 Å². The van der Waals surface area contributed by atoms with Crippen molar-refractivity contribution in [2.24, 2.45) is 0 Å². The summed E-state index contributed by atoms with van der Waals surface area (Å²) >= 11 is 0. The lowest BCUT2D eigenvalue weighted by Gasteiger charge is -2.35. The van der Waals surface area contributed by atoms with E-state index < -0.39 is 56.4 Å². The minimum atomic E-state index is -4.29. The molecule has 1 aliphatic carbocycles. The molecule has 0 saturated carbocycles. The topological polar surface area (TPSA) is 261 Å². The van der Waals surface area contributed by atoms with Crippen LogP contribution in [0.2, 0.25) is 0 Å². The van der Waals surface area contributed by atoms with E-state index in [1.54, 1.807) is 46.8 Å². The van der Waals surface area contributed by atoms with Gasteiger partial charge in [-0.25, -0.2) is 8.42 Å². The molecule has 19 nitrogen and oxygen atoms in total. The zero-order valence-electron chi connectivity index (χ0n) is 32.5. The molecular weight excluding hydrogens is 857 g/mol. The zero-order chi connectivity index (χ0) is 43.2. The van der Waals surface area contributed by atoms with Gasteiger partial charge in [0.15, 0.2) is 15.6 Å². The van der Waals surface area contributed by atoms with E-state index in [0.29, 0.717) is 22.6 Å². The Morgan fingerprint density at radius 1 is 0.627 bits per heavy atom. The summed E-state index contributed by atoms with van der Waals surface area (Å²) in [4.78, 5) is -1.27. The normalized spacial score (nSPS) is 17.4. The second-order valence-electron chi connectivity index (χ2n) is 13.0. The predicted octanol–water partition coefficient (Wildman–Crippen LogP) is 5.01. The van der Waals surface area contributed by atoms with Gasteiger partial charge in [-0.1, -0.05) is 23.8 Å². The fraction of sp³-hybridized carbons (Fsp3) is 0.278. The van der Waals surface area contributed by atoms with Gasteiger partial charge >= 0.3 is 0 Å². The largest absolute Gasteiger partial charge is 0.482 e. The van der Waals surface area contributed by atoms with Crippen LogP contribution in [0.5, 0.6) is 17.2 Å². The third-order valence-corrected chi connectivity index (χ3v) is 14.7. The van der Waals surface area contributed by atoms with Crippen molar-refractivity contribution in [1.29, 1.82) is 0 Å². The van der Waals surface area contributed by atoms with E-state index >= 15 is 0 Å². The number of hydrogen-bond acceptors (Lipinski definition) is 19. The van der Waals surface area contributed by atoms with Crippen LogP contribution in [0.3, 0.4) is 0 Å². The molecule has 0 saturated heterocycles. The van der Waals surface area contributed by atoms with Crippen LogP contribution < -0.4 is 9.47 Å². The highest BCUT2D eigenvalue weighted by atomic mass is 32.2. The molecule has 2 unspecified atom stereocenters. The van der Waals surface area contributed by atoms with Gasteiger partial charge < -0.3 is 18.3 Å². The van der Waals surface area contributed by atoms with Crippen molar-refractivity contribution in [3.63, 3.8) is 0 Å². The number of allylic oxidation sites excluding steroid dienone is 2. The molecule has 2 atom stereocenters. The molecule has 0 radical (unpaired) electrons. The maximum atomic E-state index is 13.4. The van der Waals surface area contributed by atoms with Gasteiger partial charge in [0.25, 0.3) is 30.4 Å². The van der Waals surface area contributed by atoms with Gasteiger partial charge in [0.1, 0.15) is 42.4 Å². The number of ether oxygens (including phenoxy) is 2. The van der Waals surface area contributed by atoms with Gasteiger partial charge in [0.2, 0.25) is 23.6 Å². The first-order chi connectivity index (χ1) is 27.6. The quantitative estimate of drug-likeness (QED) is 0.167. The maximum absolute atomic E-state index is 13.4. The number of benzene rings is 3. The second-order valence-corrected chi connectivity index (χ2v) is 20.1. The average Bonchev–Trinajstić information content (AvgIpc) is 3.84. The smallest absolute Gasteiger partial charge is 0.300 e. The van der Waals surface area contributed by atoms with Crippen molar-refractivity contribution < 1.29 is 64.5 Å². The number of aryl methyl sites for hydroxylation is 3. The minimum absolute atomic E-state index is 0.0124. The Balaban J connectivity index is 0.000000198. The highest BCUT2D eigenvalue weighted by Gasteiger charge is 2.46. The van der Waals surface area contributed by atoms with Crippen molar-refractivity contribution in [2.75, 3.05) is 21.3 Å². The van der Waals surface area contributed by atoms with Crippen LogP contribution in [0.4, 0.5) is 0 Å². The van der Waals surface area contributed by atoms with E-state index in [9.17, 15) is 33.7 Å². The molecule has 314 valence electrons. The number of hydrogen-bond donors (Lipinski definition) is 0. The predicted molar refractivity (Wildman–Crippen MR) is 206 cm³/mol. The second kappa shape index (κ2) is 16.0. The Morgan fingerprint density at radius 3 is 1.68 bits per heavy atom. The molecule has 0 N–H and O–H groups in total. The first kappa shape index (κ1) is 43.3. The number of fused-ring (bicyclic) bond motifs is 2. The molecule has 5 aromatic rings. The Hall–Kier alpha value is -5.30. The van der Waals surface area contributed by atoms with Gasteiger partial charge in [-0.05, 0) is 74.4 Å². The van der Waals surface area contributed by atoms with Gasteiger partial charge in [-0.2, -0.15) is 25.3 Å². The molecule has 0 amide bonds. The molecule has 2 aromatic heterocycles. The summed E-state index contributed by atoms with van der Waals surface area (Å²) in [6.45, 7) is 8.39. The van der Waals surface area contributed by atoms with E-state index in [-0.39, 0.29) is 55.2 Å². The highest BCUT2D eigenvalue weighted by molar-refractivity contribution is 7.92. The van der Waals surface area contributed by atoms with Crippen LogP contribution in [0.1, 0.15) is 31.2 Å². The standard InChI is InChI=1S/C18H18N2O8S2.C18H18N2O7S2/c1-11-5-7-14(16(9-11)29(21,22)25-3)28-15-8-6-13(18-20-19-12(2)27-18)10-17(15)30(23,24)26-4;1-9-5-10(2)16-13(6-9)28(21,22)14-7-12(18-20-19-11(3)26-18)8-15(17(14)27-16)29(23,24)25-4/h5-10H,1-4H3;5-8,13,16H,1-4H3. The number of rotatable bonds is 10. The van der Waals surface area contributed by atoms with Crippen molar-refractivity contribution in [1.82, 2.24) is 20.4 Å². The summed E-state index contributed by atoms with van der Waals surface area (Å²) in [6.07, 6.45) is 2.57. The van der Waals surface area contributed by atoms with Crippen LogP contribution in [-0.2, 0) is 52.7 Å². The van der Waals surface area contributed by atoms with Gasteiger partial charge in [-0.15, -0.1) is 20.4 Å². The molecule has 0 spiro atoms. The van der Waals surface area contributed by atoms with E-state index in [2.05, 4.69) is 32.9 Å². The zero-order valence-corrected chi connectivity index (χ0v) is 35.7. The van der Waals surface area contributed by atoms with Crippen molar-refractivity contribution >= 4 is 40.2 Å². The lowest BCUT2D eigenvalue weighted by atomic mass is 9.98. The fourth-order valence-corrected chi connectivity index (χ4v) is 10.6. The summed E-state index contributed by atoms with van der Waals surface area (Å²) < 4.78 is 138. The maximum Gasteiger partial charge on any atom is 0.300 e. The molecule has 3 aromatic carbocycles. The van der Waals surface area contributed by atoms with Crippen LogP contribution in [-0.4, -0.2) is 86.7 Å². The SMILES string of the molecule is COS(=O)(=O)c1cc(-c2nnc(C)o2)cc2c1OC1C(C)=CC(C)=CC1S2(=O)=O.COS(=O)(=O)c1cc(C)ccc1Oc1ccc(-c2nnc(C)o2)cc1S(=O)(=O)OC. The fourth-order valence-electron chi connectivity index (χ4n) is 6.02. The summed E-state index contributed by atoms with van der Waals surface area (Å²) in [5.74, 6) is 0.0971. The molecule has 2 aliphatic rings. The minimum Gasteiger partial charge on any atom is -0.482 e. The molecule has 3 heterocycles. The summed E-state index contributed by atoms with van der Waals surface area (Å²) in [5, 5.41) is 14.2. The Morgan fingerprint density at radius 2 is 1.14 bits per heavy atom. The van der Waals surface area contributed by atoms with Crippen LogP contribution in [0, 0.1) is 20.8 Å². The molecule has 0 fully saturated rings. The Labute approximate surface area is 339 Å². The van der Waals surface area contributed by atoms with Gasteiger partial charge in [0, 0.05) is 25.0 Å². The van der Waals surface area contributed by atoms with E-state index in [1.807, 2.05) is 6.08 Å².